The molecule has 7 rings (SSSR count). The third-order valence-electron chi connectivity index (χ3n) is 6.99. The van der Waals surface area contributed by atoms with Crippen LogP contribution in [0.15, 0.2) is 118 Å². The zero-order valence-electron chi connectivity index (χ0n) is 18.7. The van der Waals surface area contributed by atoms with Crippen LogP contribution in [-0.2, 0) is 0 Å². The molecule has 0 amide bonds. The molecule has 2 nitrogen and oxygen atoms in total. The summed E-state index contributed by atoms with van der Waals surface area (Å²) in [4.78, 5) is 4.85. The van der Waals surface area contributed by atoms with Crippen molar-refractivity contribution < 1.29 is 0 Å². The van der Waals surface area contributed by atoms with E-state index < -0.39 is 0 Å². The summed E-state index contributed by atoms with van der Waals surface area (Å²) in [5, 5.41) is 7.40. The predicted octanol–water partition coefficient (Wildman–Crippen LogP) is 9.92. The lowest BCUT2D eigenvalue weighted by Gasteiger charge is -2.40. The summed E-state index contributed by atoms with van der Waals surface area (Å²) in [5.41, 5.74) is 4.77. The first-order valence-electron chi connectivity index (χ1n) is 11.6. The fraction of sp³-hybridized carbons (Fsp3) is 0.0323. The molecule has 1 aliphatic heterocycles. The Labute approximate surface area is 220 Å². The SMILES string of the molecule is Brc1c(N2CN(c3ccc4ccccc4c3Br)c3cccc4cccc2c34)ccc2ccccc12. The highest BCUT2D eigenvalue weighted by atomic mass is 79.9. The fourth-order valence-corrected chi connectivity index (χ4v) is 6.73. The van der Waals surface area contributed by atoms with E-state index >= 15 is 0 Å². The van der Waals surface area contributed by atoms with Crippen molar-refractivity contribution >= 4 is 86.9 Å². The van der Waals surface area contributed by atoms with Crippen LogP contribution in [0.25, 0.3) is 32.3 Å². The molecule has 0 atom stereocenters. The minimum Gasteiger partial charge on any atom is -0.321 e. The molecule has 1 heterocycles. The molecule has 0 fully saturated rings. The lowest BCUT2D eigenvalue weighted by atomic mass is 10.0. The van der Waals surface area contributed by atoms with E-state index in [-0.39, 0.29) is 0 Å². The Hall–Kier alpha value is -3.34. The number of benzene rings is 6. The summed E-state index contributed by atoms with van der Waals surface area (Å²) in [6.07, 6.45) is 0. The third kappa shape index (κ3) is 3.20. The first-order valence-corrected chi connectivity index (χ1v) is 13.2. The van der Waals surface area contributed by atoms with Crippen LogP contribution in [0.4, 0.5) is 22.7 Å². The van der Waals surface area contributed by atoms with Crippen molar-refractivity contribution in [1.82, 2.24) is 0 Å². The maximum atomic E-state index is 3.96. The Balaban J connectivity index is 1.50. The highest BCUT2D eigenvalue weighted by Crippen LogP contribution is 2.49. The Kier molecular flexibility index (Phi) is 4.86. The Morgan fingerprint density at radius 3 is 1.40 bits per heavy atom. The van der Waals surface area contributed by atoms with Crippen LogP contribution in [0, 0.1) is 0 Å². The molecule has 0 saturated heterocycles. The van der Waals surface area contributed by atoms with E-state index in [1.807, 2.05) is 0 Å². The van der Waals surface area contributed by atoms with E-state index in [9.17, 15) is 0 Å². The first-order chi connectivity index (χ1) is 17.2. The molecule has 1 aliphatic rings. The maximum Gasteiger partial charge on any atom is 0.100 e. The van der Waals surface area contributed by atoms with Crippen molar-refractivity contribution in [3.8, 4) is 0 Å². The average Bonchev–Trinajstić information content (AvgIpc) is 2.91. The summed E-state index contributed by atoms with van der Waals surface area (Å²) in [5.74, 6) is 0. The van der Waals surface area contributed by atoms with E-state index in [0.717, 1.165) is 20.3 Å². The van der Waals surface area contributed by atoms with Crippen LogP contribution in [0.3, 0.4) is 0 Å². The largest absolute Gasteiger partial charge is 0.321 e. The highest BCUT2D eigenvalue weighted by Gasteiger charge is 2.28. The average molecular weight is 580 g/mol. The third-order valence-corrected chi connectivity index (χ3v) is 8.66. The summed E-state index contributed by atoms with van der Waals surface area (Å²) < 4.78 is 2.23. The van der Waals surface area contributed by atoms with Crippen LogP contribution >= 0.6 is 31.9 Å². The minimum absolute atomic E-state index is 0.698. The maximum absolute atomic E-state index is 3.96. The topological polar surface area (TPSA) is 6.48 Å². The van der Waals surface area contributed by atoms with Gasteiger partial charge >= 0.3 is 0 Å². The Morgan fingerprint density at radius 2 is 0.886 bits per heavy atom. The van der Waals surface area contributed by atoms with Gasteiger partial charge in [0.05, 0.1) is 22.7 Å². The molecule has 0 aromatic heterocycles. The summed E-state index contributed by atoms with van der Waals surface area (Å²) in [6.45, 7) is 0.698. The van der Waals surface area contributed by atoms with E-state index in [1.54, 1.807) is 0 Å². The van der Waals surface area contributed by atoms with E-state index in [2.05, 4.69) is 151 Å². The zero-order chi connectivity index (χ0) is 23.5. The monoisotopic (exact) mass is 578 g/mol. The molecular weight excluding hydrogens is 560 g/mol. The molecule has 0 aliphatic carbocycles. The molecule has 0 unspecified atom stereocenters. The van der Waals surface area contributed by atoms with Crippen LogP contribution in [0.5, 0.6) is 0 Å². The number of hydrogen-bond donors (Lipinski definition) is 0. The normalized spacial score (nSPS) is 13.2. The molecule has 0 spiro atoms. The van der Waals surface area contributed by atoms with Gasteiger partial charge in [-0.3, -0.25) is 0 Å². The quantitative estimate of drug-likeness (QED) is 0.201. The first kappa shape index (κ1) is 21.0. The van der Waals surface area contributed by atoms with Gasteiger partial charge in [-0.1, -0.05) is 84.9 Å². The second kappa shape index (κ2) is 8.11. The number of fused-ring (bicyclic) bond motifs is 2. The van der Waals surface area contributed by atoms with Gasteiger partial charge in [0.1, 0.15) is 6.67 Å². The van der Waals surface area contributed by atoms with Crippen molar-refractivity contribution in [2.45, 2.75) is 0 Å². The lowest BCUT2D eigenvalue weighted by Crippen LogP contribution is -2.36. The van der Waals surface area contributed by atoms with Gasteiger partial charge in [-0.25, -0.2) is 0 Å². The molecule has 0 saturated carbocycles. The van der Waals surface area contributed by atoms with Gasteiger partial charge in [0.25, 0.3) is 0 Å². The van der Waals surface area contributed by atoms with Crippen molar-refractivity contribution in [1.29, 1.82) is 0 Å². The number of anilines is 4. The smallest absolute Gasteiger partial charge is 0.100 e. The number of rotatable bonds is 2. The van der Waals surface area contributed by atoms with E-state index in [1.165, 1.54) is 43.7 Å². The fourth-order valence-electron chi connectivity index (χ4n) is 5.32. The van der Waals surface area contributed by atoms with Crippen LogP contribution < -0.4 is 9.80 Å². The molecular formula is C31H20Br2N2. The molecule has 6 aromatic carbocycles. The molecule has 4 heteroatoms. The van der Waals surface area contributed by atoms with Gasteiger partial charge in [0.2, 0.25) is 0 Å². The van der Waals surface area contributed by atoms with Gasteiger partial charge in [0, 0.05) is 14.3 Å². The molecule has 0 N–H and O–H groups in total. The summed E-state index contributed by atoms with van der Waals surface area (Å²) in [6, 6.07) is 39.1. The number of halogens is 2. The van der Waals surface area contributed by atoms with Crippen molar-refractivity contribution in [2.24, 2.45) is 0 Å². The number of nitrogens with zero attached hydrogens (tertiary/aromatic N) is 2. The summed E-state index contributed by atoms with van der Waals surface area (Å²) >= 11 is 7.92. The van der Waals surface area contributed by atoms with Gasteiger partial charge in [-0.2, -0.15) is 0 Å². The van der Waals surface area contributed by atoms with E-state index in [0.29, 0.717) is 6.67 Å². The van der Waals surface area contributed by atoms with E-state index in [4.69, 9.17) is 0 Å². The minimum atomic E-state index is 0.698. The van der Waals surface area contributed by atoms with Gasteiger partial charge in [-0.05, 0) is 83.1 Å². The standard InChI is InChI=1S/C31H20Br2N2/c32-30-23-11-3-1-7-20(23)15-17-27(30)34-19-35(26-14-6-10-22-9-5-13-25(34)29(22)26)28-18-16-21-8-2-4-12-24(21)31(28)33/h1-18H,19H2. The predicted molar refractivity (Wildman–Crippen MR) is 156 cm³/mol. The van der Waals surface area contributed by atoms with Gasteiger partial charge in [0.15, 0.2) is 0 Å². The Bertz CT molecular complexity index is 1650. The van der Waals surface area contributed by atoms with Crippen LogP contribution in [0.2, 0.25) is 0 Å². The molecule has 6 aromatic rings. The highest BCUT2D eigenvalue weighted by molar-refractivity contribution is 9.11. The van der Waals surface area contributed by atoms with Crippen LogP contribution in [0.1, 0.15) is 0 Å². The van der Waals surface area contributed by atoms with Gasteiger partial charge < -0.3 is 9.80 Å². The van der Waals surface area contributed by atoms with Crippen molar-refractivity contribution in [3.05, 3.63) is 118 Å². The zero-order valence-corrected chi connectivity index (χ0v) is 21.9. The second-order valence-corrected chi connectivity index (χ2v) is 10.5. The Morgan fingerprint density at radius 1 is 0.429 bits per heavy atom. The number of hydrogen-bond acceptors (Lipinski definition) is 2. The molecule has 35 heavy (non-hydrogen) atoms. The van der Waals surface area contributed by atoms with Crippen molar-refractivity contribution in [3.63, 3.8) is 0 Å². The summed E-state index contributed by atoms with van der Waals surface area (Å²) in [7, 11) is 0. The molecule has 0 bridgehead atoms. The lowest BCUT2D eigenvalue weighted by molar-refractivity contribution is 0.915. The second-order valence-electron chi connectivity index (χ2n) is 8.89. The molecule has 0 radical (unpaired) electrons. The van der Waals surface area contributed by atoms with Crippen LogP contribution in [-0.4, -0.2) is 6.67 Å². The van der Waals surface area contributed by atoms with Crippen molar-refractivity contribution in [2.75, 3.05) is 16.5 Å². The molecule has 168 valence electrons. The van der Waals surface area contributed by atoms with Gasteiger partial charge in [-0.15, -0.1) is 0 Å².